The monoisotopic (exact) mass is 440 g/mol. The zero-order valence-electron chi connectivity index (χ0n) is 17.4. The predicted molar refractivity (Wildman–Crippen MR) is 117 cm³/mol. The molecule has 3 heterocycles. The second-order valence-electron chi connectivity index (χ2n) is 6.86. The Labute approximate surface area is 184 Å². The lowest BCUT2D eigenvalue weighted by atomic mass is 10.1. The van der Waals surface area contributed by atoms with Crippen LogP contribution in [0.15, 0.2) is 18.2 Å². The van der Waals surface area contributed by atoms with E-state index in [9.17, 15) is 5.26 Å². The first-order valence-corrected chi connectivity index (χ1v) is 10.0. The Bertz CT molecular complexity index is 1190. The van der Waals surface area contributed by atoms with Crippen LogP contribution in [-0.4, -0.2) is 60.0 Å². The van der Waals surface area contributed by atoms with Crippen molar-refractivity contribution >= 4 is 40.2 Å². The number of aromatic nitrogens is 4. The molecule has 160 valence electrons. The van der Waals surface area contributed by atoms with Gasteiger partial charge in [0.1, 0.15) is 5.82 Å². The number of rotatable bonds is 5. The number of fused-ring (bicyclic) bond motifs is 1. The maximum Gasteiger partial charge on any atom is 0.226 e. The molecule has 0 radical (unpaired) electrons. The minimum Gasteiger partial charge on any atom is -0.493 e. The van der Waals surface area contributed by atoms with Crippen molar-refractivity contribution in [3.8, 4) is 17.6 Å². The lowest BCUT2D eigenvalue weighted by Crippen LogP contribution is -2.37. The van der Waals surface area contributed by atoms with E-state index < -0.39 is 0 Å². The molecular formula is C21H21ClN6O3. The molecular weight excluding hydrogens is 420 g/mol. The molecule has 1 aromatic carbocycles. The minimum absolute atomic E-state index is 0.146. The maximum absolute atomic E-state index is 9.80. The molecule has 1 aliphatic rings. The van der Waals surface area contributed by atoms with Gasteiger partial charge in [-0.3, -0.25) is 0 Å². The summed E-state index contributed by atoms with van der Waals surface area (Å²) in [5, 5.41) is 9.95. The summed E-state index contributed by atoms with van der Waals surface area (Å²) in [5.41, 5.74) is 2.33. The number of nitriles is 1. The van der Waals surface area contributed by atoms with Gasteiger partial charge in [-0.15, -0.1) is 0 Å². The second kappa shape index (κ2) is 8.79. The molecule has 1 fully saturated rings. The van der Waals surface area contributed by atoms with Crippen LogP contribution in [-0.2, 0) is 11.8 Å². The molecule has 0 atom stereocenters. The van der Waals surface area contributed by atoms with Crippen LogP contribution < -0.4 is 14.4 Å². The summed E-state index contributed by atoms with van der Waals surface area (Å²) in [6, 6.07) is 7.56. The summed E-state index contributed by atoms with van der Waals surface area (Å²) in [6.45, 7) is 2.61. The Balaban J connectivity index is 1.81. The van der Waals surface area contributed by atoms with Gasteiger partial charge < -0.3 is 23.7 Å². The maximum atomic E-state index is 9.80. The normalized spacial score (nSPS) is 14.5. The van der Waals surface area contributed by atoms with Crippen molar-refractivity contribution in [3.63, 3.8) is 0 Å². The van der Waals surface area contributed by atoms with Crippen molar-refractivity contribution in [2.75, 3.05) is 45.4 Å². The number of methoxy groups -OCH3 is 2. The topological polar surface area (TPSA) is 98.3 Å². The molecule has 0 bridgehead atoms. The molecule has 0 amide bonds. The van der Waals surface area contributed by atoms with Gasteiger partial charge in [-0.1, -0.05) is 0 Å². The highest BCUT2D eigenvalue weighted by atomic mass is 35.5. The average molecular weight is 441 g/mol. The molecule has 10 heteroatoms. The van der Waals surface area contributed by atoms with E-state index >= 15 is 0 Å². The Kier molecular flexibility index (Phi) is 5.93. The van der Waals surface area contributed by atoms with E-state index in [1.807, 2.05) is 7.05 Å². The number of halogens is 1. The first-order chi connectivity index (χ1) is 15.0. The van der Waals surface area contributed by atoms with E-state index in [1.165, 1.54) is 0 Å². The summed E-state index contributed by atoms with van der Waals surface area (Å²) in [6.07, 6.45) is 1.71. The van der Waals surface area contributed by atoms with Crippen LogP contribution in [0.5, 0.6) is 11.5 Å². The van der Waals surface area contributed by atoms with Gasteiger partial charge in [0, 0.05) is 20.1 Å². The molecule has 0 unspecified atom stereocenters. The number of allylic oxidation sites excluding steroid dienone is 1. The quantitative estimate of drug-likeness (QED) is 0.441. The van der Waals surface area contributed by atoms with Crippen molar-refractivity contribution in [1.82, 2.24) is 19.5 Å². The van der Waals surface area contributed by atoms with Gasteiger partial charge in [-0.05, 0) is 41.4 Å². The molecule has 1 aliphatic heterocycles. The van der Waals surface area contributed by atoms with E-state index in [2.05, 4.69) is 20.9 Å². The highest BCUT2D eigenvalue weighted by Crippen LogP contribution is 2.32. The van der Waals surface area contributed by atoms with Crippen molar-refractivity contribution in [2.24, 2.45) is 7.05 Å². The molecule has 0 saturated carbocycles. The Hall–Kier alpha value is -3.35. The predicted octanol–water partition coefficient (Wildman–Crippen LogP) is 2.93. The van der Waals surface area contributed by atoms with Gasteiger partial charge in [0.25, 0.3) is 0 Å². The fraction of sp³-hybridized carbons (Fsp3) is 0.333. The van der Waals surface area contributed by atoms with E-state index in [-0.39, 0.29) is 5.28 Å². The Morgan fingerprint density at radius 1 is 1.16 bits per heavy atom. The molecule has 2 aromatic heterocycles. The first kappa shape index (κ1) is 20.9. The number of anilines is 1. The SMILES string of the molecule is COc1ccc(/C(C#N)=C/c2nc3c(N4CCOCC4)nc(Cl)nc3n2C)cc1OC. The van der Waals surface area contributed by atoms with Gasteiger partial charge in [-0.25, -0.2) is 4.98 Å². The summed E-state index contributed by atoms with van der Waals surface area (Å²) < 4.78 is 17.9. The summed E-state index contributed by atoms with van der Waals surface area (Å²) >= 11 is 6.20. The van der Waals surface area contributed by atoms with Crippen LogP contribution in [0.4, 0.5) is 5.82 Å². The number of morpholine rings is 1. The zero-order chi connectivity index (χ0) is 22.0. The number of nitrogens with zero attached hydrogens (tertiary/aromatic N) is 6. The third kappa shape index (κ3) is 4.00. The van der Waals surface area contributed by atoms with Crippen LogP contribution in [0, 0.1) is 11.3 Å². The van der Waals surface area contributed by atoms with E-state index in [1.54, 1.807) is 43.1 Å². The largest absolute Gasteiger partial charge is 0.493 e. The lowest BCUT2D eigenvalue weighted by Gasteiger charge is -2.27. The molecule has 4 rings (SSSR count). The second-order valence-corrected chi connectivity index (χ2v) is 7.19. The van der Waals surface area contributed by atoms with Gasteiger partial charge in [0.2, 0.25) is 5.28 Å². The number of hydrogen-bond donors (Lipinski definition) is 0. The molecule has 9 nitrogen and oxygen atoms in total. The van der Waals surface area contributed by atoms with Crippen LogP contribution in [0.3, 0.4) is 0 Å². The van der Waals surface area contributed by atoms with Gasteiger partial charge >= 0.3 is 0 Å². The number of aryl methyl sites for hydroxylation is 1. The number of ether oxygens (including phenoxy) is 3. The third-order valence-corrected chi connectivity index (χ3v) is 5.28. The first-order valence-electron chi connectivity index (χ1n) is 9.62. The third-order valence-electron chi connectivity index (χ3n) is 5.11. The van der Waals surface area contributed by atoms with Crippen LogP contribution >= 0.6 is 11.6 Å². The fourth-order valence-electron chi connectivity index (χ4n) is 3.48. The van der Waals surface area contributed by atoms with Crippen LogP contribution in [0.2, 0.25) is 5.28 Å². The number of imidazole rings is 1. The van der Waals surface area contributed by atoms with Crippen molar-refractivity contribution < 1.29 is 14.2 Å². The molecule has 0 N–H and O–H groups in total. The molecule has 31 heavy (non-hydrogen) atoms. The minimum atomic E-state index is 0.146. The smallest absolute Gasteiger partial charge is 0.226 e. The summed E-state index contributed by atoms with van der Waals surface area (Å²) in [4.78, 5) is 15.6. The molecule has 0 spiro atoms. The van der Waals surface area contributed by atoms with Crippen LogP contribution in [0.25, 0.3) is 22.8 Å². The summed E-state index contributed by atoms with van der Waals surface area (Å²) in [7, 11) is 4.95. The van der Waals surface area contributed by atoms with Crippen molar-refractivity contribution in [1.29, 1.82) is 5.26 Å². The van der Waals surface area contributed by atoms with E-state index in [0.29, 0.717) is 71.7 Å². The highest BCUT2D eigenvalue weighted by Gasteiger charge is 2.21. The lowest BCUT2D eigenvalue weighted by molar-refractivity contribution is 0.122. The molecule has 3 aromatic rings. The number of benzene rings is 1. The van der Waals surface area contributed by atoms with E-state index in [0.717, 1.165) is 0 Å². The average Bonchev–Trinajstić information content (AvgIpc) is 3.12. The van der Waals surface area contributed by atoms with Crippen molar-refractivity contribution in [2.45, 2.75) is 0 Å². The number of hydrogen-bond acceptors (Lipinski definition) is 8. The standard InChI is InChI=1S/C21H21ClN6O3/c1-27-17(11-14(12-23)13-4-5-15(29-2)16(10-13)30-3)24-18-19(27)25-21(22)26-20(18)28-6-8-31-9-7-28/h4-5,10-11H,6-9H2,1-3H3/b14-11+. The van der Waals surface area contributed by atoms with Gasteiger partial charge in [-0.2, -0.15) is 15.2 Å². The van der Waals surface area contributed by atoms with Crippen molar-refractivity contribution in [3.05, 3.63) is 34.9 Å². The highest BCUT2D eigenvalue weighted by molar-refractivity contribution is 6.28. The fourth-order valence-corrected chi connectivity index (χ4v) is 3.64. The Morgan fingerprint density at radius 2 is 1.90 bits per heavy atom. The molecule has 0 aliphatic carbocycles. The zero-order valence-corrected chi connectivity index (χ0v) is 18.2. The molecule has 1 saturated heterocycles. The van der Waals surface area contributed by atoms with Crippen LogP contribution in [0.1, 0.15) is 11.4 Å². The van der Waals surface area contributed by atoms with Gasteiger partial charge in [0.15, 0.2) is 28.5 Å². The summed E-state index contributed by atoms with van der Waals surface area (Å²) in [5.74, 6) is 2.36. The van der Waals surface area contributed by atoms with E-state index in [4.69, 9.17) is 30.8 Å². The van der Waals surface area contributed by atoms with Gasteiger partial charge in [0.05, 0.1) is 39.1 Å². The Morgan fingerprint density at radius 3 is 2.58 bits per heavy atom.